The first-order valence-corrected chi connectivity index (χ1v) is 18.3. The first-order chi connectivity index (χ1) is 25.4. The second-order valence-electron chi connectivity index (χ2n) is 14.3. The monoisotopic (exact) mass is 768 g/mol. The topological polar surface area (TPSA) is 302 Å². The van der Waals surface area contributed by atoms with Crippen LogP contribution >= 0.6 is 0 Å². The van der Waals surface area contributed by atoms with E-state index in [0.29, 0.717) is 19.4 Å². The van der Waals surface area contributed by atoms with Crippen LogP contribution in [0.3, 0.4) is 0 Å². The van der Waals surface area contributed by atoms with Crippen molar-refractivity contribution in [3.05, 3.63) is 0 Å². The van der Waals surface area contributed by atoms with E-state index in [2.05, 4.69) is 37.2 Å². The molecular formula is C34H56N8O12. The fourth-order valence-electron chi connectivity index (χ4n) is 6.09. The van der Waals surface area contributed by atoms with Crippen molar-refractivity contribution in [2.24, 2.45) is 11.8 Å². The summed E-state index contributed by atoms with van der Waals surface area (Å²) in [7, 11) is 0. The fourth-order valence-corrected chi connectivity index (χ4v) is 6.09. The Balaban J connectivity index is 2.02. The quantitative estimate of drug-likeness (QED) is 0.0524. The molecule has 2 aliphatic rings. The molecule has 0 unspecified atom stereocenters. The molecule has 2 saturated heterocycles. The van der Waals surface area contributed by atoms with Gasteiger partial charge < -0.3 is 57.4 Å². The van der Waals surface area contributed by atoms with E-state index >= 15 is 0 Å². The number of hydrogen-bond donors (Lipinski definition) is 10. The normalized spacial score (nSPS) is 18.9. The number of rotatable bonds is 22. The molecule has 0 aromatic rings. The lowest BCUT2D eigenvalue weighted by Crippen LogP contribution is -2.58. The van der Waals surface area contributed by atoms with Gasteiger partial charge in [0.25, 0.3) is 0 Å². The van der Waals surface area contributed by atoms with E-state index in [-0.39, 0.29) is 44.1 Å². The summed E-state index contributed by atoms with van der Waals surface area (Å²) in [6, 6.07) is -6.58. The lowest BCUT2D eigenvalue weighted by molar-refractivity contribution is -0.145. The number of aliphatic carboxylic acids is 2. The van der Waals surface area contributed by atoms with Gasteiger partial charge in [-0.1, -0.05) is 27.7 Å². The molecule has 20 nitrogen and oxygen atoms in total. The van der Waals surface area contributed by atoms with Crippen molar-refractivity contribution in [2.45, 2.75) is 115 Å². The van der Waals surface area contributed by atoms with Gasteiger partial charge >= 0.3 is 11.9 Å². The molecule has 304 valence electrons. The Morgan fingerprint density at radius 1 is 0.704 bits per heavy atom. The molecular weight excluding hydrogens is 712 g/mol. The zero-order valence-corrected chi connectivity index (χ0v) is 31.3. The minimum Gasteiger partial charge on any atom is -0.481 e. The van der Waals surface area contributed by atoms with Crippen LogP contribution in [-0.4, -0.2) is 143 Å². The van der Waals surface area contributed by atoms with Gasteiger partial charge in [0.1, 0.15) is 30.2 Å². The van der Waals surface area contributed by atoms with Crippen molar-refractivity contribution in [3.8, 4) is 0 Å². The summed E-state index contributed by atoms with van der Waals surface area (Å²) in [6.07, 6.45) is 1.71. The summed E-state index contributed by atoms with van der Waals surface area (Å²) in [6.45, 7) is 6.14. The second-order valence-corrected chi connectivity index (χ2v) is 14.3. The number of amides is 7. The molecule has 20 heteroatoms. The molecule has 0 spiro atoms. The van der Waals surface area contributed by atoms with Gasteiger partial charge in [-0.25, -0.2) is 4.79 Å². The number of carbonyl (C=O) groups is 9. The number of nitrogens with zero attached hydrogens (tertiary/aromatic N) is 1. The summed E-state index contributed by atoms with van der Waals surface area (Å²) in [5.74, 6) is -7.55. The van der Waals surface area contributed by atoms with Crippen LogP contribution in [0.2, 0.25) is 0 Å². The molecule has 2 fully saturated rings. The fraction of sp³-hybridized carbons (Fsp3) is 0.735. The molecule has 7 amide bonds. The number of likely N-dealkylation sites (tertiary alicyclic amines) is 1. The van der Waals surface area contributed by atoms with Gasteiger partial charge in [0, 0.05) is 13.0 Å². The molecule has 2 aliphatic heterocycles. The van der Waals surface area contributed by atoms with Crippen LogP contribution in [0, 0.1) is 11.8 Å². The predicted octanol–water partition coefficient (Wildman–Crippen LogP) is -3.07. The Labute approximate surface area is 313 Å². The maximum absolute atomic E-state index is 13.6. The molecule has 2 heterocycles. The van der Waals surface area contributed by atoms with Crippen molar-refractivity contribution >= 4 is 53.3 Å². The largest absolute Gasteiger partial charge is 0.481 e. The van der Waals surface area contributed by atoms with Crippen molar-refractivity contribution in [2.75, 3.05) is 32.8 Å². The Morgan fingerprint density at radius 3 is 1.83 bits per heavy atom. The summed E-state index contributed by atoms with van der Waals surface area (Å²) < 4.78 is 0. The SMILES string of the molecule is CC(C)C[C@H](NC(=O)[C@H](CC(C)C)NC(=O)[C@H](CCC(=O)O)NC(=O)[C@@H]1CCCN1)C(=O)NCC(=O)NCC(=O)N1CCC[C@H]1C(=O)N[C@@H](CO)C(=O)O. The lowest BCUT2D eigenvalue weighted by atomic mass is 9.99. The van der Waals surface area contributed by atoms with Crippen LogP contribution in [0.1, 0.15) is 79.1 Å². The highest BCUT2D eigenvalue weighted by molar-refractivity contribution is 5.96. The predicted molar refractivity (Wildman–Crippen MR) is 190 cm³/mol. The molecule has 0 bridgehead atoms. The Bertz CT molecular complexity index is 1370. The molecule has 10 N–H and O–H groups in total. The van der Waals surface area contributed by atoms with Gasteiger partial charge in [0.05, 0.1) is 25.7 Å². The third-order valence-electron chi connectivity index (χ3n) is 8.87. The number of nitrogens with one attached hydrogen (secondary N) is 7. The van der Waals surface area contributed by atoms with Crippen molar-refractivity contribution in [1.29, 1.82) is 0 Å². The van der Waals surface area contributed by atoms with Crippen LogP contribution in [0.15, 0.2) is 0 Å². The van der Waals surface area contributed by atoms with E-state index in [1.165, 1.54) is 4.90 Å². The zero-order valence-electron chi connectivity index (χ0n) is 31.3. The van der Waals surface area contributed by atoms with E-state index < -0.39 is 116 Å². The number of aliphatic hydroxyl groups excluding tert-OH is 1. The Morgan fingerprint density at radius 2 is 1.30 bits per heavy atom. The number of aliphatic hydroxyl groups is 1. The highest BCUT2D eigenvalue weighted by atomic mass is 16.4. The van der Waals surface area contributed by atoms with Gasteiger partial charge in [0.15, 0.2) is 0 Å². The molecule has 0 saturated carbocycles. The van der Waals surface area contributed by atoms with Gasteiger partial charge in [-0.05, 0) is 63.3 Å². The number of carboxylic acids is 2. The Kier molecular flexibility index (Phi) is 18.8. The molecule has 0 aromatic carbocycles. The van der Waals surface area contributed by atoms with E-state index in [4.69, 9.17) is 5.11 Å². The molecule has 0 aliphatic carbocycles. The first kappa shape index (κ1) is 45.3. The average molecular weight is 769 g/mol. The summed E-state index contributed by atoms with van der Waals surface area (Å²) in [5, 5.41) is 45.4. The first-order valence-electron chi connectivity index (χ1n) is 18.3. The second kappa shape index (κ2) is 22.4. The van der Waals surface area contributed by atoms with Crippen molar-refractivity contribution < 1.29 is 58.5 Å². The maximum atomic E-state index is 13.6. The van der Waals surface area contributed by atoms with Crippen LogP contribution in [-0.2, 0) is 43.2 Å². The Hall–Kier alpha value is -4.85. The number of carbonyl (C=O) groups excluding carboxylic acids is 7. The number of hydrogen-bond acceptors (Lipinski definition) is 11. The van der Waals surface area contributed by atoms with Crippen LogP contribution in [0.5, 0.6) is 0 Å². The number of carboxylic acid groups (broad SMARTS) is 2. The lowest BCUT2D eigenvalue weighted by Gasteiger charge is -2.27. The van der Waals surface area contributed by atoms with Crippen LogP contribution in [0.4, 0.5) is 0 Å². The van der Waals surface area contributed by atoms with Gasteiger partial charge in [-0.3, -0.25) is 38.4 Å². The van der Waals surface area contributed by atoms with E-state index in [0.717, 1.165) is 6.42 Å². The van der Waals surface area contributed by atoms with Gasteiger partial charge in [0.2, 0.25) is 41.4 Å². The third-order valence-corrected chi connectivity index (χ3v) is 8.87. The zero-order chi connectivity index (χ0) is 40.5. The minimum atomic E-state index is -1.54. The smallest absolute Gasteiger partial charge is 0.328 e. The van der Waals surface area contributed by atoms with Gasteiger partial charge in [-0.2, -0.15) is 0 Å². The highest BCUT2D eigenvalue weighted by Gasteiger charge is 2.36. The van der Waals surface area contributed by atoms with Gasteiger partial charge in [-0.15, -0.1) is 0 Å². The van der Waals surface area contributed by atoms with E-state index in [9.17, 15) is 53.4 Å². The van der Waals surface area contributed by atoms with Crippen LogP contribution in [0.25, 0.3) is 0 Å². The molecule has 2 rings (SSSR count). The summed E-state index contributed by atoms with van der Waals surface area (Å²) >= 11 is 0. The molecule has 0 aromatic heterocycles. The summed E-state index contributed by atoms with van der Waals surface area (Å²) in [4.78, 5) is 115. The molecule has 0 radical (unpaired) electrons. The summed E-state index contributed by atoms with van der Waals surface area (Å²) in [5.41, 5.74) is 0. The molecule has 54 heavy (non-hydrogen) atoms. The minimum absolute atomic E-state index is 0.0980. The maximum Gasteiger partial charge on any atom is 0.328 e. The van der Waals surface area contributed by atoms with E-state index in [1.807, 2.05) is 27.7 Å². The van der Waals surface area contributed by atoms with Crippen LogP contribution < -0.4 is 37.2 Å². The molecule has 6 atom stereocenters. The standard InChI is InChI=1S/C34H56N8O12/c1-18(2)13-22(29(48)37-15-26(44)36-16-27(45)42-12-6-8-25(42)33(52)41-24(17-43)34(53)54)39-32(51)23(14-19(3)4)40-31(50)21(9-10-28(46)47)38-30(49)20-7-5-11-35-20/h18-25,35,43H,5-17H2,1-4H3,(H,36,44)(H,37,48)(H,38,49)(H,39,51)(H,40,50)(H,41,52)(H,46,47)(H,53,54)/t20-,21-,22-,23-,24-,25-/m0/s1. The third kappa shape index (κ3) is 15.2. The van der Waals surface area contributed by atoms with E-state index in [1.54, 1.807) is 0 Å². The average Bonchev–Trinajstić information content (AvgIpc) is 3.82. The highest BCUT2D eigenvalue weighted by Crippen LogP contribution is 2.18. The van der Waals surface area contributed by atoms with Crippen molar-refractivity contribution in [1.82, 2.24) is 42.1 Å². The van der Waals surface area contributed by atoms with Crippen molar-refractivity contribution in [3.63, 3.8) is 0 Å².